The molecule has 2 rings (SSSR count). The third kappa shape index (κ3) is 3.99. The van der Waals surface area contributed by atoms with Crippen molar-refractivity contribution in [3.8, 4) is 11.4 Å². The van der Waals surface area contributed by atoms with Gasteiger partial charge in [-0.2, -0.15) is 0 Å². The van der Waals surface area contributed by atoms with Crippen molar-refractivity contribution in [3.63, 3.8) is 0 Å². The molecule has 1 aromatic heterocycles. The zero-order chi connectivity index (χ0) is 16.1. The van der Waals surface area contributed by atoms with E-state index in [1.54, 1.807) is 16.7 Å². The van der Waals surface area contributed by atoms with Crippen LogP contribution in [0.4, 0.5) is 4.79 Å². The molecule has 2 aromatic rings. The summed E-state index contributed by atoms with van der Waals surface area (Å²) in [5, 5.41) is 13.9. The maximum atomic E-state index is 11.5. The van der Waals surface area contributed by atoms with Gasteiger partial charge in [0.1, 0.15) is 0 Å². The average Bonchev–Trinajstić information content (AvgIpc) is 2.87. The summed E-state index contributed by atoms with van der Waals surface area (Å²) in [4.78, 5) is 22.6. The highest BCUT2D eigenvalue weighted by Crippen LogP contribution is 2.23. The number of nitrogens with zero attached hydrogens (tertiary/aromatic N) is 3. The molecule has 0 saturated carbocycles. The highest BCUT2D eigenvalue weighted by Gasteiger charge is 2.13. The Balaban J connectivity index is 2.03. The Morgan fingerprint density at radius 2 is 1.95 bits per heavy atom. The Morgan fingerprint density at radius 3 is 2.59 bits per heavy atom. The number of carbonyl (C=O) groups excluding carboxylic acids is 2. The topological polar surface area (TPSA) is 88.9 Å². The quantitative estimate of drug-likeness (QED) is 0.827. The van der Waals surface area contributed by atoms with E-state index in [9.17, 15) is 9.59 Å². The molecule has 1 heterocycles. The van der Waals surface area contributed by atoms with Crippen molar-refractivity contribution in [2.75, 3.05) is 12.8 Å². The molecule has 0 fully saturated rings. The van der Waals surface area contributed by atoms with Crippen molar-refractivity contribution in [1.82, 2.24) is 25.4 Å². The minimum atomic E-state index is -0.537. The summed E-state index contributed by atoms with van der Waals surface area (Å²) in [6.07, 6.45) is 0. The van der Waals surface area contributed by atoms with Gasteiger partial charge in [-0.25, -0.2) is 4.79 Å². The van der Waals surface area contributed by atoms with Gasteiger partial charge in [0.2, 0.25) is 5.91 Å². The van der Waals surface area contributed by atoms with Crippen LogP contribution in [0.2, 0.25) is 5.02 Å². The molecular weight excluding hydrogens is 326 g/mol. The van der Waals surface area contributed by atoms with Crippen molar-refractivity contribution in [1.29, 1.82) is 0 Å². The van der Waals surface area contributed by atoms with Crippen molar-refractivity contribution in [2.45, 2.75) is 5.16 Å². The number of nitrogens with one attached hydrogen (secondary N) is 2. The first-order valence-corrected chi connectivity index (χ1v) is 7.67. The van der Waals surface area contributed by atoms with Gasteiger partial charge in [0.15, 0.2) is 11.0 Å². The lowest BCUT2D eigenvalue weighted by Gasteiger charge is -2.04. The van der Waals surface area contributed by atoms with Gasteiger partial charge >= 0.3 is 6.03 Å². The molecule has 9 heteroatoms. The first-order valence-electron chi connectivity index (χ1n) is 6.31. The third-order valence-corrected chi connectivity index (χ3v) is 4.02. The van der Waals surface area contributed by atoms with E-state index in [1.807, 2.05) is 19.2 Å². The molecule has 0 radical (unpaired) electrons. The standard InChI is InChI=1S/C13H14ClN5O2S/c1-15-12(21)16-10(20)7-22-13-18-17-11(19(13)2)8-3-5-9(14)6-4-8/h3-6H,7H2,1-2H3,(H2,15,16,20,21). The fourth-order valence-electron chi connectivity index (χ4n) is 1.65. The third-order valence-electron chi connectivity index (χ3n) is 2.75. The van der Waals surface area contributed by atoms with Crippen LogP contribution in [0.15, 0.2) is 29.4 Å². The number of benzene rings is 1. The summed E-state index contributed by atoms with van der Waals surface area (Å²) in [5.41, 5.74) is 0.876. The fraction of sp³-hybridized carbons (Fsp3) is 0.231. The van der Waals surface area contributed by atoms with Gasteiger partial charge in [0, 0.05) is 24.7 Å². The molecule has 0 bridgehead atoms. The number of imide groups is 1. The van der Waals surface area contributed by atoms with Crippen LogP contribution in [0.1, 0.15) is 0 Å². The SMILES string of the molecule is CNC(=O)NC(=O)CSc1nnc(-c2ccc(Cl)cc2)n1C. The van der Waals surface area contributed by atoms with Crippen LogP contribution in [0, 0.1) is 0 Å². The van der Waals surface area contributed by atoms with Gasteiger partial charge in [-0.15, -0.1) is 10.2 Å². The van der Waals surface area contributed by atoms with E-state index in [0.29, 0.717) is 16.0 Å². The summed E-state index contributed by atoms with van der Waals surface area (Å²) in [7, 11) is 3.25. The molecule has 0 atom stereocenters. The second-order valence-corrected chi connectivity index (χ2v) is 5.67. The van der Waals surface area contributed by atoms with E-state index >= 15 is 0 Å². The van der Waals surface area contributed by atoms with Crippen molar-refractivity contribution in [2.24, 2.45) is 7.05 Å². The van der Waals surface area contributed by atoms with Crippen LogP contribution in [0.25, 0.3) is 11.4 Å². The first-order chi connectivity index (χ1) is 10.5. The van der Waals surface area contributed by atoms with E-state index < -0.39 is 11.9 Å². The zero-order valence-electron chi connectivity index (χ0n) is 12.0. The summed E-state index contributed by atoms with van der Waals surface area (Å²) in [5.74, 6) is 0.339. The molecule has 0 aliphatic heterocycles. The Labute approximate surface area is 136 Å². The molecule has 22 heavy (non-hydrogen) atoms. The largest absolute Gasteiger partial charge is 0.341 e. The number of rotatable bonds is 4. The average molecular weight is 340 g/mol. The molecule has 0 aliphatic rings. The van der Waals surface area contributed by atoms with Crippen LogP contribution in [-0.4, -0.2) is 39.5 Å². The van der Waals surface area contributed by atoms with E-state index in [1.165, 1.54) is 18.8 Å². The number of urea groups is 1. The molecular formula is C13H14ClN5O2S. The minimum absolute atomic E-state index is 0.0695. The van der Waals surface area contributed by atoms with Crippen molar-refractivity contribution in [3.05, 3.63) is 29.3 Å². The molecule has 7 nitrogen and oxygen atoms in total. The summed E-state index contributed by atoms with van der Waals surface area (Å²) >= 11 is 7.06. The smallest absolute Gasteiger partial charge is 0.321 e. The lowest BCUT2D eigenvalue weighted by atomic mass is 10.2. The second-order valence-electron chi connectivity index (χ2n) is 4.29. The molecule has 0 spiro atoms. The molecule has 2 N–H and O–H groups in total. The fourth-order valence-corrected chi connectivity index (χ4v) is 2.48. The Morgan fingerprint density at radius 1 is 1.27 bits per heavy atom. The zero-order valence-corrected chi connectivity index (χ0v) is 13.5. The highest BCUT2D eigenvalue weighted by molar-refractivity contribution is 7.99. The summed E-state index contributed by atoms with van der Waals surface area (Å²) in [6.45, 7) is 0. The van der Waals surface area contributed by atoms with Gasteiger partial charge in [-0.3, -0.25) is 10.1 Å². The summed E-state index contributed by atoms with van der Waals surface area (Å²) < 4.78 is 1.78. The van der Waals surface area contributed by atoms with Crippen LogP contribution >= 0.6 is 23.4 Å². The monoisotopic (exact) mass is 339 g/mol. The van der Waals surface area contributed by atoms with Gasteiger partial charge in [0.05, 0.1) is 5.75 Å². The molecule has 0 saturated heterocycles. The van der Waals surface area contributed by atoms with Crippen molar-refractivity contribution >= 4 is 35.3 Å². The Kier molecular flexibility index (Phi) is 5.40. The van der Waals surface area contributed by atoms with Crippen LogP contribution in [0.3, 0.4) is 0 Å². The highest BCUT2D eigenvalue weighted by atomic mass is 35.5. The molecule has 1 aromatic carbocycles. The van der Waals surface area contributed by atoms with Gasteiger partial charge in [-0.05, 0) is 24.3 Å². The molecule has 116 valence electrons. The normalized spacial score (nSPS) is 10.3. The molecule has 3 amide bonds. The number of thioether (sulfide) groups is 1. The first kappa shape index (κ1) is 16.3. The van der Waals surface area contributed by atoms with Gasteiger partial charge < -0.3 is 9.88 Å². The number of amides is 3. The minimum Gasteiger partial charge on any atom is -0.341 e. The van der Waals surface area contributed by atoms with Crippen LogP contribution < -0.4 is 10.6 Å². The number of carbonyl (C=O) groups is 2. The maximum absolute atomic E-state index is 11.5. The number of hydrogen-bond acceptors (Lipinski definition) is 5. The summed E-state index contributed by atoms with van der Waals surface area (Å²) in [6, 6.07) is 6.70. The van der Waals surface area contributed by atoms with Crippen LogP contribution in [0.5, 0.6) is 0 Å². The lowest BCUT2D eigenvalue weighted by Crippen LogP contribution is -2.38. The molecule has 0 unspecified atom stereocenters. The Hall–Kier alpha value is -2.06. The predicted molar refractivity (Wildman–Crippen MR) is 84.8 cm³/mol. The van der Waals surface area contributed by atoms with Crippen LogP contribution in [-0.2, 0) is 11.8 Å². The van der Waals surface area contributed by atoms with Gasteiger partial charge in [-0.1, -0.05) is 23.4 Å². The van der Waals surface area contributed by atoms with E-state index in [0.717, 1.165) is 5.56 Å². The predicted octanol–water partition coefficient (Wildman–Crippen LogP) is 1.68. The Bertz CT molecular complexity index is 686. The molecule has 0 aliphatic carbocycles. The number of hydrogen-bond donors (Lipinski definition) is 2. The maximum Gasteiger partial charge on any atom is 0.321 e. The van der Waals surface area contributed by atoms with E-state index in [4.69, 9.17) is 11.6 Å². The second kappa shape index (κ2) is 7.28. The van der Waals surface area contributed by atoms with Crippen molar-refractivity contribution < 1.29 is 9.59 Å². The number of halogens is 1. The lowest BCUT2D eigenvalue weighted by molar-refractivity contribution is -0.117. The van der Waals surface area contributed by atoms with Gasteiger partial charge in [0.25, 0.3) is 0 Å². The number of aromatic nitrogens is 3. The van der Waals surface area contributed by atoms with E-state index in [2.05, 4.69) is 20.8 Å². The van der Waals surface area contributed by atoms with E-state index in [-0.39, 0.29) is 5.75 Å².